The van der Waals surface area contributed by atoms with Gasteiger partial charge in [-0.15, -0.1) is 11.6 Å². The predicted octanol–water partition coefficient (Wildman–Crippen LogP) is 10.4. The van der Waals surface area contributed by atoms with Crippen molar-refractivity contribution in [1.29, 1.82) is 0 Å². The maximum atomic E-state index is 9.57. The van der Waals surface area contributed by atoms with Crippen molar-refractivity contribution < 1.29 is 48.5 Å². The SMILES string of the molecule is C.C.CC(c1ccc(O)cc1)(c1ccc(O)cc1)c1ccc(O)cc1.CC(c1ccc(OCC2CO2)cc1)(c1ccc(OCC2CO2)cc1)c1ccc(OCC2CO2)cc1.ClCC1CO1. The lowest BCUT2D eigenvalue weighted by molar-refractivity contribution is 0.262. The number of epoxide rings is 4. The minimum atomic E-state index is -0.477. The topological polar surface area (TPSA) is 138 Å². The molecule has 4 fully saturated rings. The summed E-state index contributed by atoms with van der Waals surface area (Å²) in [4.78, 5) is 0. The predicted molar refractivity (Wildman–Crippen MR) is 254 cm³/mol. The van der Waals surface area contributed by atoms with E-state index in [1.165, 1.54) is 16.7 Å². The van der Waals surface area contributed by atoms with Crippen LogP contribution in [0.3, 0.4) is 0 Å². The van der Waals surface area contributed by atoms with Gasteiger partial charge in [0.05, 0.1) is 38.4 Å². The number of phenolic OH excluding ortho intramolecular Hbond substituents is 3. The van der Waals surface area contributed by atoms with Gasteiger partial charge in [-0.2, -0.15) is 0 Å². The molecule has 4 aliphatic heterocycles. The van der Waals surface area contributed by atoms with Crippen molar-refractivity contribution in [2.45, 2.75) is 63.9 Å². The average Bonchev–Trinajstić information content (AvgIpc) is 4.11. The van der Waals surface area contributed by atoms with Gasteiger partial charge in [0.2, 0.25) is 0 Å². The maximum Gasteiger partial charge on any atom is 0.119 e. The van der Waals surface area contributed by atoms with Crippen molar-refractivity contribution in [1.82, 2.24) is 0 Å². The van der Waals surface area contributed by atoms with Gasteiger partial charge in [-0.25, -0.2) is 0 Å². The fourth-order valence-electron chi connectivity index (χ4n) is 7.26. The van der Waals surface area contributed by atoms with Crippen molar-refractivity contribution in [3.8, 4) is 34.5 Å². The van der Waals surface area contributed by atoms with Gasteiger partial charge >= 0.3 is 0 Å². The Morgan fingerprint density at radius 1 is 0.400 bits per heavy atom. The van der Waals surface area contributed by atoms with Crippen molar-refractivity contribution in [3.63, 3.8) is 0 Å². The molecule has 0 spiro atoms. The van der Waals surface area contributed by atoms with Gasteiger partial charge < -0.3 is 48.5 Å². The third kappa shape index (κ3) is 13.0. The molecule has 11 heteroatoms. The number of ether oxygens (including phenoxy) is 7. The lowest BCUT2D eigenvalue weighted by Crippen LogP contribution is -2.25. The number of hydrogen-bond acceptors (Lipinski definition) is 10. The number of phenols is 3. The summed E-state index contributed by atoms with van der Waals surface area (Å²) in [6, 6.07) is 46.4. The van der Waals surface area contributed by atoms with E-state index in [1.807, 2.05) is 72.8 Å². The zero-order valence-electron chi connectivity index (χ0n) is 35.4. The summed E-state index contributed by atoms with van der Waals surface area (Å²) in [5, 5.41) is 28.7. The Balaban J connectivity index is 0.000000201. The highest BCUT2D eigenvalue weighted by Crippen LogP contribution is 2.42. The van der Waals surface area contributed by atoms with Gasteiger partial charge in [0.15, 0.2) is 0 Å². The second-order valence-electron chi connectivity index (χ2n) is 16.4. The standard InChI is InChI=1S/C29H30O6.C20H18O3.C3H5ClO.2CH4/c1-29(20-2-8-23(9-3-20)30-14-26-17-33-26,21-4-10-24(11-5-21)31-15-27-18-34-27)22-6-12-25(13-7-22)32-16-28-19-35-28;1-20(14-2-8-17(21)9-3-14,15-4-10-18(22)11-5-15)16-6-12-19(23)13-7-16;4-1-3-2-5-3;;/h2-13,26-28H,14-19H2,1H3;2-13,21-23H,1H3;3H,1-2H2;2*1H4. The van der Waals surface area contributed by atoms with Gasteiger partial charge in [0, 0.05) is 10.8 Å². The van der Waals surface area contributed by atoms with Crippen LogP contribution in [0.5, 0.6) is 34.5 Å². The molecule has 6 aromatic rings. The third-order valence-corrected chi connectivity index (χ3v) is 12.1. The molecule has 4 atom stereocenters. The second kappa shape index (κ2) is 22.0. The Labute approximate surface area is 388 Å². The molecule has 0 bridgehead atoms. The first kappa shape index (κ1) is 48.7. The van der Waals surface area contributed by atoms with Gasteiger partial charge in [-0.1, -0.05) is 87.6 Å². The van der Waals surface area contributed by atoms with Crippen LogP contribution in [0.25, 0.3) is 0 Å². The molecule has 4 aliphatic rings. The van der Waals surface area contributed by atoms with Crippen LogP contribution in [-0.4, -0.2) is 91.9 Å². The minimum Gasteiger partial charge on any atom is -0.508 e. The van der Waals surface area contributed by atoms with Crippen LogP contribution in [0.15, 0.2) is 146 Å². The zero-order valence-corrected chi connectivity index (χ0v) is 36.2. The normalized spacial score (nSPS) is 19.4. The molecule has 0 amide bonds. The number of hydrogen-bond donors (Lipinski definition) is 3. The molecule has 65 heavy (non-hydrogen) atoms. The van der Waals surface area contributed by atoms with Gasteiger partial charge in [0.1, 0.15) is 72.6 Å². The summed E-state index contributed by atoms with van der Waals surface area (Å²) in [7, 11) is 0. The van der Waals surface area contributed by atoms with E-state index >= 15 is 0 Å². The summed E-state index contributed by atoms with van der Waals surface area (Å²) in [6.07, 6.45) is 1.11. The van der Waals surface area contributed by atoms with Gasteiger partial charge in [-0.05, 0) is 120 Å². The number of rotatable bonds is 16. The first-order chi connectivity index (χ1) is 30.6. The van der Waals surface area contributed by atoms with Crippen LogP contribution in [-0.2, 0) is 29.8 Å². The average molecular weight is 906 g/mol. The summed E-state index contributed by atoms with van der Waals surface area (Å²) >= 11 is 5.27. The molecule has 0 aliphatic carbocycles. The molecule has 10 rings (SSSR count). The van der Waals surface area contributed by atoms with E-state index in [0.717, 1.165) is 60.4 Å². The summed E-state index contributed by atoms with van der Waals surface area (Å²) in [5.41, 5.74) is 5.68. The fourth-order valence-corrected chi connectivity index (χ4v) is 7.43. The Bertz CT molecular complexity index is 2080. The molecule has 3 N–H and O–H groups in total. The highest BCUT2D eigenvalue weighted by Gasteiger charge is 2.33. The molecule has 0 radical (unpaired) electrons. The molecule has 344 valence electrons. The Hall–Kier alpha value is -5.75. The fraction of sp³-hybridized carbons (Fsp3) is 0.333. The minimum absolute atomic E-state index is 0. The molecular weight excluding hydrogens is 844 g/mol. The lowest BCUT2D eigenvalue weighted by atomic mass is 9.71. The van der Waals surface area contributed by atoms with Crippen LogP contribution in [0.1, 0.15) is 62.1 Å². The molecule has 6 aromatic carbocycles. The number of aromatic hydroxyl groups is 3. The molecule has 0 aromatic heterocycles. The van der Waals surface area contributed by atoms with Crippen molar-refractivity contribution in [3.05, 3.63) is 179 Å². The summed E-state index contributed by atoms with van der Waals surface area (Å²) in [6.45, 7) is 9.36. The Morgan fingerprint density at radius 2 is 0.600 bits per heavy atom. The lowest BCUT2D eigenvalue weighted by Gasteiger charge is -2.32. The molecule has 10 nitrogen and oxygen atoms in total. The monoisotopic (exact) mass is 904 g/mol. The molecule has 0 saturated carbocycles. The largest absolute Gasteiger partial charge is 0.508 e. The maximum absolute atomic E-state index is 9.57. The molecule has 4 saturated heterocycles. The number of benzene rings is 6. The first-order valence-electron chi connectivity index (χ1n) is 21.2. The van der Waals surface area contributed by atoms with Crippen molar-refractivity contribution >= 4 is 11.6 Å². The zero-order chi connectivity index (χ0) is 43.8. The summed E-state index contributed by atoms with van der Waals surface area (Å²) in [5.74, 6) is 3.86. The summed E-state index contributed by atoms with van der Waals surface area (Å²) < 4.78 is 38.1. The van der Waals surface area contributed by atoms with E-state index in [-0.39, 0.29) is 55.8 Å². The van der Waals surface area contributed by atoms with Crippen LogP contribution in [0.2, 0.25) is 0 Å². The Kier molecular flexibility index (Phi) is 16.5. The van der Waals surface area contributed by atoms with E-state index in [2.05, 4.69) is 50.2 Å². The van der Waals surface area contributed by atoms with Crippen LogP contribution >= 0.6 is 11.6 Å². The van der Waals surface area contributed by atoms with E-state index in [0.29, 0.717) is 31.8 Å². The van der Waals surface area contributed by atoms with E-state index in [4.69, 9.17) is 44.8 Å². The smallest absolute Gasteiger partial charge is 0.119 e. The second-order valence-corrected chi connectivity index (χ2v) is 16.7. The van der Waals surface area contributed by atoms with Crippen LogP contribution < -0.4 is 14.2 Å². The van der Waals surface area contributed by atoms with Crippen molar-refractivity contribution in [2.75, 3.05) is 52.1 Å². The van der Waals surface area contributed by atoms with Gasteiger partial charge in [0.25, 0.3) is 0 Å². The quantitative estimate of drug-likeness (QED) is 0.0489. The van der Waals surface area contributed by atoms with Crippen molar-refractivity contribution in [2.24, 2.45) is 0 Å². The highest BCUT2D eigenvalue weighted by molar-refractivity contribution is 6.18. The van der Waals surface area contributed by atoms with Crippen LogP contribution in [0, 0.1) is 0 Å². The Morgan fingerprint density at radius 3 is 0.769 bits per heavy atom. The van der Waals surface area contributed by atoms with E-state index in [1.54, 1.807) is 36.4 Å². The third-order valence-electron chi connectivity index (χ3n) is 11.7. The molecule has 4 unspecified atom stereocenters. The molecular formula is C54H61ClO10. The highest BCUT2D eigenvalue weighted by atomic mass is 35.5. The van der Waals surface area contributed by atoms with E-state index in [9.17, 15) is 15.3 Å². The number of alkyl halides is 1. The first-order valence-corrected chi connectivity index (χ1v) is 21.7. The number of halogens is 1. The van der Waals surface area contributed by atoms with Gasteiger partial charge in [-0.3, -0.25) is 0 Å². The van der Waals surface area contributed by atoms with E-state index < -0.39 is 5.41 Å². The van der Waals surface area contributed by atoms with Crippen LogP contribution in [0.4, 0.5) is 0 Å². The molecule has 4 heterocycles.